The summed E-state index contributed by atoms with van der Waals surface area (Å²) in [6.45, 7) is 11.9. The molecule has 6 rings (SSSR count). The molecule has 43 heavy (non-hydrogen) atoms. The molecule has 2 aliphatic rings. The van der Waals surface area contributed by atoms with Crippen molar-refractivity contribution in [3.63, 3.8) is 0 Å². The number of ether oxygens (including phenoxy) is 2. The number of fused-ring (bicyclic) bond motifs is 1. The molecule has 0 N–H and O–H groups in total. The third kappa shape index (κ3) is 7.15. The van der Waals surface area contributed by atoms with Gasteiger partial charge in [-0.15, -0.1) is 11.3 Å². The van der Waals surface area contributed by atoms with Gasteiger partial charge >= 0.3 is 0 Å². The van der Waals surface area contributed by atoms with E-state index in [0.29, 0.717) is 31.9 Å². The highest BCUT2D eigenvalue weighted by atomic mass is 35.5. The van der Waals surface area contributed by atoms with Crippen LogP contribution in [0.1, 0.15) is 53.0 Å². The van der Waals surface area contributed by atoms with Crippen LogP contribution in [0.5, 0.6) is 11.5 Å². The van der Waals surface area contributed by atoms with E-state index >= 15 is 0 Å². The van der Waals surface area contributed by atoms with E-state index in [-0.39, 0.29) is 18.1 Å². The number of carbonyl (C=O) groups is 1. The Labute approximate surface area is 262 Å². The summed E-state index contributed by atoms with van der Waals surface area (Å²) in [4.78, 5) is 24.7. The molecule has 7 nitrogen and oxygen atoms in total. The molecule has 0 saturated carbocycles. The molecule has 2 aliphatic heterocycles. The fourth-order valence-electron chi connectivity index (χ4n) is 5.51. The van der Waals surface area contributed by atoms with Crippen molar-refractivity contribution in [1.29, 1.82) is 0 Å². The summed E-state index contributed by atoms with van der Waals surface area (Å²) in [6.07, 6.45) is 0. The molecule has 9 heteroatoms. The lowest BCUT2D eigenvalue weighted by atomic mass is 9.87. The van der Waals surface area contributed by atoms with E-state index in [9.17, 15) is 4.79 Å². The monoisotopic (exact) mass is 616 g/mol. The van der Waals surface area contributed by atoms with Crippen molar-refractivity contribution < 1.29 is 14.3 Å². The van der Waals surface area contributed by atoms with Crippen molar-refractivity contribution in [3.8, 4) is 11.5 Å². The molecule has 0 radical (unpaired) electrons. The Morgan fingerprint density at radius 2 is 1.63 bits per heavy atom. The molecular weight excluding hydrogens is 580 g/mol. The van der Waals surface area contributed by atoms with Crippen LogP contribution in [0.2, 0.25) is 5.02 Å². The lowest BCUT2D eigenvalue weighted by Gasteiger charge is -2.35. The van der Waals surface area contributed by atoms with E-state index in [1.807, 2.05) is 34.5 Å². The van der Waals surface area contributed by atoms with Crippen molar-refractivity contribution in [2.24, 2.45) is 0 Å². The number of hydrogen-bond donors (Lipinski definition) is 0. The van der Waals surface area contributed by atoms with E-state index in [4.69, 9.17) is 26.1 Å². The van der Waals surface area contributed by atoms with Crippen LogP contribution >= 0.6 is 22.9 Å². The summed E-state index contributed by atoms with van der Waals surface area (Å²) >= 11 is 7.73. The quantitative estimate of drug-likeness (QED) is 0.213. The molecule has 1 saturated heterocycles. The number of amides is 1. The van der Waals surface area contributed by atoms with Gasteiger partial charge < -0.3 is 19.3 Å². The van der Waals surface area contributed by atoms with Gasteiger partial charge in [-0.3, -0.25) is 9.69 Å². The molecule has 4 aromatic rings. The highest BCUT2D eigenvalue weighted by Crippen LogP contribution is 2.33. The number of nitrogens with zero attached hydrogens (tertiary/aromatic N) is 4. The molecule has 1 amide bonds. The first-order chi connectivity index (χ1) is 20.7. The number of carbonyl (C=O) groups excluding carboxylic acids is 1. The van der Waals surface area contributed by atoms with E-state index in [0.717, 1.165) is 52.4 Å². The maximum absolute atomic E-state index is 13.4. The number of piperazine rings is 1. The lowest BCUT2D eigenvalue weighted by Crippen LogP contribution is -2.48. The lowest BCUT2D eigenvalue weighted by molar-refractivity contribution is 0.0741. The van der Waals surface area contributed by atoms with Crippen molar-refractivity contribution in [3.05, 3.63) is 105 Å². The molecule has 0 bridgehead atoms. The largest absolute Gasteiger partial charge is 0.454 e. The maximum atomic E-state index is 13.4. The van der Waals surface area contributed by atoms with E-state index in [1.54, 1.807) is 11.3 Å². The Morgan fingerprint density at radius 3 is 2.37 bits per heavy atom. The topological polar surface area (TPSA) is 58.1 Å². The zero-order valence-electron chi connectivity index (χ0n) is 24.9. The van der Waals surface area contributed by atoms with Crippen LogP contribution in [0.3, 0.4) is 0 Å². The highest BCUT2D eigenvalue weighted by Gasteiger charge is 2.25. The van der Waals surface area contributed by atoms with Crippen LogP contribution < -0.4 is 14.4 Å². The minimum atomic E-state index is -0.00617. The summed E-state index contributed by atoms with van der Waals surface area (Å²) < 4.78 is 11.1. The summed E-state index contributed by atoms with van der Waals surface area (Å²) in [5.74, 6) is 1.56. The van der Waals surface area contributed by atoms with Gasteiger partial charge in [0, 0.05) is 55.4 Å². The molecule has 0 unspecified atom stereocenters. The standard InChI is InChI=1S/C34H37ClN4O3S/c1-34(2,3)26-10-7-24(8-11-26)19-37(20-25-9-12-30-31(17-25)42-23-41-30)21-32-36-29(22-43-32)33(40)39-15-13-38(14-16-39)28-6-4-5-27(35)18-28/h4-12,17-18,22H,13-16,19-21,23H2,1-3H3. The average molecular weight is 617 g/mol. The Morgan fingerprint density at radius 1 is 0.907 bits per heavy atom. The van der Waals surface area contributed by atoms with E-state index < -0.39 is 0 Å². The van der Waals surface area contributed by atoms with Crippen LogP contribution in [0, 0.1) is 0 Å². The predicted molar refractivity (Wildman–Crippen MR) is 172 cm³/mol. The van der Waals surface area contributed by atoms with Gasteiger partial charge in [0.05, 0.1) is 6.54 Å². The fraction of sp³-hybridized carbons (Fsp3) is 0.353. The summed E-state index contributed by atoms with van der Waals surface area (Å²) in [7, 11) is 0. The Balaban J connectivity index is 1.13. The van der Waals surface area contributed by atoms with Gasteiger partial charge in [0.2, 0.25) is 6.79 Å². The number of anilines is 1. The van der Waals surface area contributed by atoms with Gasteiger partial charge in [-0.25, -0.2) is 4.98 Å². The van der Waals surface area contributed by atoms with Crippen molar-refractivity contribution in [2.45, 2.75) is 45.8 Å². The third-order valence-electron chi connectivity index (χ3n) is 7.94. The van der Waals surface area contributed by atoms with Crippen molar-refractivity contribution >= 4 is 34.5 Å². The highest BCUT2D eigenvalue weighted by molar-refractivity contribution is 7.09. The molecule has 0 atom stereocenters. The first kappa shape index (κ1) is 29.5. The molecular formula is C34H37ClN4O3S. The van der Waals surface area contributed by atoms with Crippen molar-refractivity contribution in [1.82, 2.24) is 14.8 Å². The second kappa shape index (κ2) is 12.6. The van der Waals surface area contributed by atoms with Crippen LogP contribution in [0.15, 0.2) is 72.1 Å². The normalized spacial score (nSPS) is 14.9. The molecule has 0 spiro atoms. The SMILES string of the molecule is CC(C)(C)c1ccc(CN(Cc2ccc3c(c2)OCO3)Cc2nc(C(=O)N3CCN(c4cccc(Cl)c4)CC3)cs2)cc1. The summed E-state index contributed by atoms with van der Waals surface area (Å²) in [5, 5.41) is 3.55. The minimum absolute atomic E-state index is 0.00617. The fourth-order valence-corrected chi connectivity index (χ4v) is 6.50. The van der Waals surface area contributed by atoms with Gasteiger partial charge in [0.15, 0.2) is 11.5 Å². The van der Waals surface area contributed by atoms with Gasteiger partial charge in [-0.2, -0.15) is 0 Å². The van der Waals surface area contributed by atoms with Crippen LogP contribution in [0.4, 0.5) is 5.69 Å². The number of hydrogen-bond acceptors (Lipinski definition) is 7. The minimum Gasteiger partial charge on any atom is -0.454 e. The predicted octanol–water partition coefficient (Wildman–Crippen LogP) is 6.99. The van der Waals surface area contributed by atoms with Gasteiger partial charge in [0.1, 0.15) is 10.7 Å². The van der Waals surface area contributed by atoms with Crippen LogP contribution in [-0.2, 0) is 25.0 Å². The molecule has 3 aromatic carbocycles. The number of aromatic nitrogens is 1. The number of thiazole rings is 1. The number of rotatable bonds is 8. The number of benzene rings is 3. The zero-order chi connectivity index (χ0) is 30.0. The van der Waals surface area contributed by atoms with Gasteiger partial charge in [-0.05, 0) is 52.4 Å². The van der Waals surface area contributed by atoms with Gasteiger partial charge in [0.25, 0.3) is 5.91 Å². The Kier molecular flexibility index (Phi) is 8.61. The van der Waals surface area contributed by atoms with E-state index in [2.05, 4.69) is 73.0 Å². The molecule has 1 fully saturated rings. The summed E-state index contributed by atoms with van der Waals surface area (Å²) in [5.41, 5.74) is 5.41. The van der Waals surface area contributed by atoms with Crippen molar-refractivity contribution in [2.75, 3.05) is 37.9 Å². The van der Waals surface area contributed by atoms with Crippen LogP contribution in [0.25, 0.3) is 0 Å². The smallest absolute Gasteiger partial charge is 0.273 e. The second-order valence-corrected chi connectivity index (χ2v) is 13.5. The first-order valence-electron chi connectivity index (χ1n) is 14.7. The average Bonchev–Trinajstić information content (AvgIpc) is 3.66. The van der Waals surface area contributed by atoms with Gasteiger partial charge in [-0.1, -0.05) is 68.8 Å². The summed E-state index contributed by atoms with van der Waals surface area (Å²) in [6, 6.07) is 22.9. The molecule has 224 valence electrons. The molecule has 0 aliphatic carbocycles. The number of halogens is 1. The third-order valence-corrected chi connectivity index (χ3v) is 9.01. The maximum Gasteiger partial charge on any atom is 0.273 e. The molecule has 3 heterocycles. The molecule has 1 aromatic heterocycles. The van der Waals surface area contributed by atoms with E-state index in [1.165, 1.54) is 11.1 Å². The van der Waals surface area contributed by atoms with Crippen LogP contribution in [-0.4, -0.2) is 53.7 Å². The Bertz CT molecular complexity index is 1580. The first-order valence-corrected chi connectivity index (χ1v) is 15.9. The zero-order valence-corrected chi connectivity index (χ0v) is 26.5. The second-order valence-electron chi connectivity index (χ2n) is 12.2. The Hall–Kier alpha value is -3.59.